The second-order valence-corrected chi connectivity index (χ2v) is 4.71. The molecule has 0 saturated carbocycles. The van der Waals surface area contributed by atoms with Crippen LogP contribution in [-0.2, 0) is 0 Å². The maximum Gasteiger partial charge on any atom is 0.255 e. The average molecular weight is 291 g/mol. The predicted octanol–water partition coefficient (Wildman–Crippen LogP) is 2.04. The molecule has 0 bridgehead atoms. The Kier molecular flexibility index (Phi) is 3.40. The lowest BCUT2D eigenvalue weighted by atomic mass is 10.2. The maximum atomic E-state index is 12.8. The zero-order valence-electron chi connectivity index (χ0n) is 11.1. The Bertz CT molecular complexity index is 647. The van der Waals surface area contributed by atoms with Gasteiger partial charge in [-0.2, -0.15) is 0 Å². The molecule has 2 aromatic carbocycles. The highest BCUT2D eigenvalue weighted by atomic mass is 19.1. The highest BCUT2D eigenvalue weighted by Crippen LogP contribution is 2.38. The number of aliphatic hydroxyl groups is 1. The van der Waals surface area contributed by atoms with Crippen LogP contribution in [0.15, 0.2) is 42.5 Å². The van der Waals surface area contributed by atoms with Crippen LogP contribution in [0.4, 0.5) is 4.39 Å². The highest BCUT2D eigenvalue weighted by molar-refractivity contribution is 5.48. The van der Waals surface area contributed by atoms with Crippen LogP contribution in [0.2, 0.25) is 0 Å². The monoisotopic (exact) mass is 291 g/mol. The van der Waals surface area contributed by atoms with Gasteiger partial charge in [0.15, 0.2) is 18.1 Å². The molecule has 0 aliphatic carbocycles. The summed E-state index contributed by atoms with van der Waals surface area (Å²) in [6.45, 7) is -0.121. The smallest absolute Gasteiger partial charge is 0.255 e. The van der Waals surface area contributed by atoms with Crippen LogP contribution in [0.1, 0.15) is 0 Å². The fraction of sp³-hybridized carbons (Fsp3) is 0.200. The Balaban J connectivity index is 1.82. The van der Waals surface area contributed by atoms with Gasteiger partial charge in [0.05, 0.1) is 6.54 Å². The second-order valence-electron chi connectivity index (χ2n) is 4.71. The van der Waals surface area contributed by atoms with E-state index in [0.717, 1.165) is 0 Å². The molecule has 2 aromatic rings. The molecule has 6 heteroatoms. The number of fused-ring (bicyclic) bond motifs is 1. The molecule has 1 aliphatic rings. The van der Waals surface area contributed by atoms with Crippen molar-refractivity contribution in [1.29, 1.82) is 0 Å². The summed E-state index contributed by atoms with van der Waals surface area (Å²) in [5.41, 5.74) is 5.45. The Hall–Kier alpha value is -2.31. The first-order valence-corrected chi connectivity index (χ1v) is 6.40. The van der Waals surface area contributed by atoms with E-state index in [0.29, 0.717) is 23.0 Å². The van der Waals surface area contributed by atoms with Crippen molar-refractivity contribution in [2.45, 2.75) is 5.79 Å². The van der Waals surface area contributed by atoms with E-state index >= 15 is 0 Å². The summed E-state index contributed by atoms with van der Waals surface area (Å²) in [7, 11) is 0. The third-order valence-electron chi connectivity index (χ3n) is 3.04. The van der Waals surface area contributed by atoms with Crippen LogP contribution in [0.5, 0.6) is 23.0 Å². The van der Waals surface area contributed by atoms with E-state index in [-0.39, 0.29) is 19.0 Å². The molecular formula is C15H14FNO4. The largest absolute Gasteiger partial charge is 0.483 e. The summed E-state index contributed by atoms with van der Waals surface area (Å²) < 4.78 is 29.3. The number of rotatable bonds is 3. The van der Waals surface area contributed by atoms with Crippen LogP contribution in [-0.4, -0.2) is 24.0 Å². The topological polar surface area (TPSA) is 73.9 Å². The van der Waals surface area contributed by atoms with Crippen molar-refractivity contribution in [2.24, 2.45) is 5.73 Å². The Morgan fingerprint density at radius 3 is 2.57 bits per heavy atom. The van der Waals surface area contributed by atoms with E-state index in [1.165, 1.54) is 24.3 Å². The van der Waals surface area contributed by atoms with Gasteiger partial charge in [0, 0.05) is 6.07 Å². The first-order valence-electron chi connectivity index (χ1n) is 6.40. The summed E-state index contributed by atoms with van der Waals surface area (Å²) in [6, 6.07) is 10.6. The van der Waals surface area contributed by atoms with Crippen molar-refractivity contribution in [3.8, 4) is 23.0 Å². The third kappa shape index (κ3) is 2.91. The molecule has 21 heavy (non-hydrogen) atoms. The van der Waals surface area contributed by atoms with Crippen LogP contribution in [0.3, 0.4) is 0 Å². The fourth-order valence-electron chi connectivity index (χ4n) is 1.91. The van der Waals surface area contributed by atoms with Gasteiger partial charge >= 0.3 is 0 Å². The fourth-order valence-corrected chi connectivity index (χ4v) is 1.91. The van der Waals surface area contributed by atoms with Gasteiger partial charge in [0.25, 0.3) is 5.79 Å². The molecule has 0 aromatic heterocycles. The lowest BCUT2D eigenvalue weighted by Gasteiger charge is -2.32. The molecule has 110 valence electrons. The second kappa shape index (κ2) is 5.23. The van der Waals surface area contributed by atoms with E-state index in [1.807, 2.05) is 0 Å². The summed E-state index contributed by atoms with van der Waals surface area (Å²) >= 11 is 0. The molecule has 0 fully saturated rings. The Morgan fingerprint density at radius 1 is 1.14 bits per heavy atom. The number of ether oxygens (including phenoxy) is 3. The molecule has 0 radical (unpaired) electrons. The van der Waals surface area contributed by atoms with Crippen LogP contribution >= 0.6 is 0 Å². The number of nitrogens with two attached hydrogens (primary N) is 1. The molecule has 1 atom stereocenters. The van der Waals surface area contributed by atoms with E-state index in [2.05, 4.69) is 0 Å². The van der Waals surface area contributed by atoms with Gasteiger partial charge in [-0.15, -0.1) is 0 Å². The summed E-state index contributed by atoms with van der Waals surface area (Å²) in [5, 5.41) is 9.98. The normalized spacial score (nSPS) is 20.1. The number of halogens is 1. The molecule has 5 nitrogen and oxygen atoms in total. The minimum Gasteiger partial charge on any atom is -0.483 e. The minimum absolute atomic E-state index is 0.0331. The van der Waals surface area contributed by atoms with Crippen molar-refractivity contribution in [1.82, 2.24) is 0 Å². The number of benzene rings is 2. The number of hydrogen-bond acceptors (Lipinski definition) is 5. The van der Waals surface area contributed by atoms with Crippen molar-refractivity contribution in [3.63, 3.8) is 0 Å². The van der Waals surface area contributed by atoms with Gasteiger partial charge in [-0.05, 0) is 36.4 Å². The van der Waals surface area contributed by atoms with Gasteiger partial charge in [0.1, 0.15) is 17.3 Å². The lowest BCUT2D eigenvalue weighted by molar-refractivity contribution is -0.166. The van der Waals surface area contributed by atoms with Gasteiger partial charge in [-0.3, -0.25) is 0 Å². The lowest BCUT2D eigenvalue weighted by Crippen LogP contribution is -2.50. The van der Waals surface area contributed by atoms with E-state index < -0.39 is 5.79 Å². The molecule has 0 spiro atoms. The molecule has 1 aliphatic heterocycles. The van der Waals surface area contributed by atoms with Crippen molar-refractivity contribution in [2.75, 3.05) is 13.2 Å². The van der Waals surface area contributed by atoms with E-state index in [9.17, 15) is 9.50 Å². The SMILES string of the molecule is NCC1(O)COc2ccc(Oc3ccc(F)cc3)cc2O1. The third-order valence-corrected chi connectivity index (χ3v) is 3.04. The van der Waals surface area contributed by atoms with Crippen LogP contribution in [0.25, 0.3) is 0 Å². The summed E-state index contributed by atoms with van der Waals surface area (Å²) in [4.78, 5) is 0. The first-order chi connectivity index (χ1) is 10.1. The summed E-state index contributed by atoms with van der Waals surface area (Å²) in [6.07, 6.45) is 0. The molecule has 1 unspecified atom stereocenters. The van der Waals surface area contributed by atoms with Crippen molar-refractivity contribution < 1.29 is 23.7 Å². The van der Waals surface area contributed by atoms with Gasteiger partial charge in [-0.25, -0.2) is 4.39 Å². The molecule has 3 rings (SSSR count). The van der Waals surface area contributed by atoms with Crippen LogP contribution in [0, 0.1) is 5.82 Å². The molecule has 0 saturated heterocycles. The Morgan fingerprint density at radius 2 is 1.86 bits per heavy atom. The number of hydrogen-bond donors (Lipinski definition) is 2. The van der Waals surface area contributed by atoms with Gasteiger partial charge in [0.2, 0.25) is 0 Å². The highest BCUT2D eigenvalue weighted by Gasteiger charge is 2.34. The minimum atomic E-state index is -1.54. The zero-order chi connectivity index (χ0) is 14.9. The van der Waals surface area contributed by atoms with Gasteiger partial charge < -0.3 is 25.1 Å². The molecular weight excluding hydrogens is 277 g/mol. The predicted molar refractivity (Wildman–Crippen MR) is 73.0 cm³/mol. The summed E-state index contributed by atoms with van der Waals surface area (Å²) in [5.74, 6) is -0.0695. The van der Waals surface area contributed by atoms with Crippen molar-refractivity contribution in [3.05, 3.63) is 48.3 Å². The standard InChI is InChI=1S/C15H14FNO4/c16-10-1-3-11(4-2-10)20-12-5-6-13-14(7-12)21-15(18,8-17)9-19-13/h1-7,18H,8-9,17H2. The maximum absolute atomic E-state index is 12.8. The molecule has 0 amide bonds. The Labute approximate surface area is 120 Å². The van der Waals surface area contributed by atoms with Crippen molar-refractivity contribution >= 4 is 0 Å². The van der Waals surface area contributed by atoms with E-state index in [1.54, 1.807) is 18.2 Å². The quantitative estimate of drug-likeness (QED) is 0.905. The van der Waals surface area contributed by atoms with E-state index in [4.69, 9.17) is 19.9 Å². The molecule has 1 heterocycles. The average Bonchev–Trinajstić information content (AvgIpc) is 2.49. The van der Waals surface area contributed by atoms with Crippen LogP contribution < -0.4 is 19.9 Å². The first kappa shape index (κ1) is 13.7. The zero-order valence-corrected chi connectivity index (χ0v) is 11.1. The van der Waals surface area contributed by atoms with Gasteiger partial charge in [-0.1, -0.05) is 0 Å². The molecule has 3 N–H and O–H groups in total.